The number of esters is 1. The fourth-order valence-corrected chi connectivity index (χ4v) is 3.98. The van der Waals surface area contributed by atoms with Gasteiger partial charge in [0.1, 0.15) is 4.90 Å². The summed E-state index contributed by atoms with van der Waals surface area (Å²) >= 11 is 0. The van der Waals surface area contributed by atoms with Crippen LogP contribution in [0.15, 0.2) is 66.0 Å². The zero-order valence-corrected chi connectivity index (χ0v) is 15.9. The summed E-state index contributed by atoms with van der Waals surface area (Å²) in [6.45, 7) is 1.67. The van der Waals surface area contributed by atoms with Crippen molar-refractivity contribution in [3.63, 3.8) is 0 Å². The Hall–Kier alpha value is -3.14. The van der Waals surface area contributed by atoms with Crippen LogP contribution in [0.3, 0.4) is 0 Å². The van der Waals surface area contributed by atoms with Crippen molar-refractivity contribution in [2.24, 2.45) is 0 Å². The third-order valence-electron chi connectivity index (χ3n) is 3.96. The maximum Gasteiger partial charge on any atom is 0.417 e. The van der Waals surface area contributed by atoms with Crippen LogP contribution in [0.25, 0.3) is 11.3 Å². The van der Waals surface area contributed by atoms with E-state index in [1.54, 1.807) is 37.3 Å². The molecule has 10 heteroatoms. The number of alkyl halides is 3. The van der Waals surface area contributed by atoms with Gasteiger partial charge in [-0.05, 0) is 24.6 Å². The Morgan fingerprint density at radius 2 is 1.83 bits per heavy atom. The second kappa shape index (κ2) is 7.70. The van der Waals surface area contributed by atoms with Crippen molar-refractivity contribution in [2.45, 2.75) is 18.0 Å². The summed E-state index contributed by atoms with van der Waals surface area (Å²) < 4.78 is 70.9. The number of nitrogens with zero attached hydrogens (tertiary/aromatic N) is 2. The van der Waals surface area contributed by atoms with E-state index in [1.807, 2.05) is 0 Å². The van der Waals surface area contributed by atoms with E-state index < -0.39 is 32.6 Å². The number of hydrogen-bond acceptors (Lipinski definition) is 5. The fraction of sp³-hybridized carbons (Fsp3) is 0.158. The van der Waals surface area contributed by atoms with Crippen LogP contribution >= 0.6 is 0 Å². The van der Waals surface area contributed by atoms with Crippen molar-refractivity contribution in [3.05, 3.63) is 72.2 Å². The molecule has 0 aliphatic carbocycles. The second-order valence-corrected chi connectivity index (χ2v) is 7.72. The van der Waals surface area contributed by atoms with Gasteiger partial charge in [-0.1, -0.05) is 30.3 Å². The monoisotopic (exact) mass is 424 g/mol. The number of carbonyl (C=O) groups is 1. The van der Waals surface area contributed by atoms with Gasteiger partial charge in [-0.3, -0.25) is 4.98 Å². The van der Waals surface area contributed by atoms with Crippen molar-refractivity contribution in [1.82, 2.24) is 8.96 Å². The maximum atomic E-state index is 13.1. The summed E-state index contributed by atoms with van der Waals surface area (Å²) in [6.07, 6.45) is -2.37. The molecule has 3 rings (SSSR count). The van der Waals surface area contributed by atoms with Crippen molar-refractivity contribution >= 4 is 16.0 Å². The molecule has 0 unspecified atom stereocenters. The van der Waals surface area contributed by atoms with Gasteiger partial charge in [0, 0.05) is 18.6 Å². The van der Waals surface area contributed by atoms with E-state index >= 15 is 0 Å². The van der Waals surface area contributed by atoms with Gasteiger partial charge in [-0.2, -0.15) is 13.2 Å². The zero-order chi connectivity index (χ0) is 21.2. The predicted octanol–water partition coefficient (Wildman–Crippen LogP) is 3.98. The number of rotatable bonds is 5. The highest BCUT2D eigenvalue weighted by atomic mass is 32.2. The molecule has 29 heavy (non-hydrogen) atoms. The molecule has 0 aliphatic rings. The minimum Gasteiger partial charge on any atom is -0.462 e. The first-order valence-corrected chi connectivity index (χ1v) is 9.81. The van der Waals surface area contributed by atoms with Crippen LogP contribution in [-0.4, -0.2) is 30.0 Å². The SMILES string of the molecule is CCOC(=O)c1cc(-c2ccccc2)n(S(=O)(=O)c2cncc(C(F)(F)F)c2)c1. The van der Waals surface area contributed by atoms with E-state index in [4.69, 9.17) is 4.74 Å². The third kappa shape index (κ3) is 4.16. The van der Waals surface area contributed by atoms with Crippen molar-refractivity contribution in [2.75, 3.05) is 6.61 Å². The molecular formula is C19H15F3N2O4S. The topological polar surface area (TPSA) is 78.3 Å². The Bertz CT molecular complexity index is 1140. The van der Waals surface area contributed by atoms with Gasteiger partial charge >= 0.3 is 12.1 Å². The number of aromatic nitrogens is 2. The van der Waals surface area contributed by atoms with Gasteiger partial charge in [-0.25, -0.2) is 17.2 Å². The van der Waals surface area contributed by atoms with Gasteiger partial charge in [0.2, 0.25) is 0 Å². The van der Waals surface area contributed by atoms with E-state index in [0.29, 0.717) is 17.8 Å². The second-order valence-electron chi connectivity index (χ2n) is 5.91. The smallest absolute Gasteiger partial charge is 0.417 e. The van der Waals surface area contributed by atoms with Crippen LogP contribution in [0.1, 0.15) is 22.8 Å². The van der Waals surface area contributed by atoms with Gasteiger partial charge in [0.25, 0.3) is 10.0 Å². The molecule has 3 aromatic rings. The number of carbonyl (C=O) groups excluding carboxylic acids is 1. The van der Waals surface area contributed by atoms with E-state index in [1.165, 1.54) is 6.07 Å². The van der Waals surface area contributed by atoms with E-state index in [-0.39, 0.29) is 17.9 Å². The van der Waals surface area contributed by atoms with Gasteiger partial charge in [-0.15, -0.1) is 0 Å². The quantitative estimate of drug-likeness (QED) is 0.579. The van der Waals surface area contributed by atoms with Gasteiger partial charge in [0.05, 0.1) is 23.4 Å². The molecular weight excluding hydrogens is 409 g/mol. The number of pyridine rings is 1. The molecule has 0 fully saturated rings. The van der Waals surface area contributed by atoms with Crippen LogP contribution in [0, 0.1) is 0 Å². The third-order valence-corrected chi connectivity index (χ3v) is 5.60. The summed E-state index contributed by atoms with van der Waals surface area (Å²) in [7, 11) is -4.48. The first-order valence-electron chi connectivity index (χ1n) is 8.37. The summed E-state index contributed by atoms with van der Waals surface area (Å²) in [4.78, 5) is 14.9. The average Bonchev–Trinajstić information content (AvgIpc) is 3.15. The molecule has 0 bridgehead atoms. The highest BCUT2D eigenvalue weighted by molar-refractivity contribution is 7.90. The average molecular weight is 424 g/mol. The van der Waals surface area contributed by atoms with Crippen LogP contribution in [0.4, 0.5) is 13.2 Å². The zero-order valence-electron chi connectivity index (χ0n) is 15.1. The number of ether oxygens (including phenoxy) is 1. The molecule has 2 aromatic heterocycles. The Morgan fingerprint density at radius 1 is 1.14 bits per heavy atom. The van der Waals surface area contributed by atoms with Gasteiger partial charge in [0.15, 0.2) is 0 Å². The lowest BCUT2D eigenvalue weighted by Gasteiger charge is -2.12. The molecule has 0 radical (unpaired) electrons. The molecule has 0 atom stereocenters. The van der Waals surface area contributed by atoms with E-state index in [9.17, 15) is 26.4 Å². The minimum absolute atomic E-state index is 0.0470. The molecule has 6 nitrogen and oxygen atoms in total. The first-order chi connectivity index (χ1) is 13.6. The largest absolute Gasteiger partial charge is 0.462 e. The minimum atomic E-state index is -4.76. The number of halogens is 3. The normalized spacial score (nSPS) is 12.0. The molecule has 0 amide bonds. The van der Waals surface area contributed by atoms with E-state index in [0.717, 1.165) is 16.4 Å². The van der Waals surface area contributed by atoms with Crippen molar-refractivity contribution < 1.29 is 31.1 Å². The van der Waals surface area contributed by atoms with Crippen molar-refractivity contribution in [1.29, 1.82) is 0 Å². The number of benzene rings is 1. The molecule has 0 saturated heterocycles. The molecule has 0 saturated carbocycles. The highest BCUT2D eigenvalue weighted by Gasteiger charge is 2.33. The summed E-state index contributed by atoms with van der Waals surface area (Å²) in [6, 6.07) is 10.1. The molecule has 152 valence electrons. The number of hydrogen-bond donors (Lipinski definition) is 0. The summed E-state index contributed by atoms with van der Waals surface area (Å²) in [5.74, 6) is -0.749. The maximum absolute atomic E-state index is 13.1. The first kappa shape index (κ1) is 20.6. The molecule has 1 aromatic carbocycles. The van der Waals surface area contributed by atoms with Crippen LogP contribution in [0.5, 0.6) is 0 Å². The Balaban J connectivity index is 2.20. The van der Waals surface area contributed by atoms with Crippen LogP contribution in [-0.2, 0) is 20.9 Å². The lowest BCUT2D eigenvalue weighted by atomic mass is 10.1. The van der Waals surface area contributed by atoms with Gasteiger partial charge < -0.3 is 4.74 Å². The van der Waals surface area contributed by atoms with Crippen LogP contribution in [0.2, 0.25) is 0 Å². The highest BCUT2D eigenvalue weighted by Crippen LogP contribution is 2.32. The molecule has 2 heterocycles. The Labute approximate surface area is 164 Å². The Morgan fingerprint density at radius 3 is 2.45 bits per heavy atom. The van der Waals surface area contributed by atoms with E-state index in [2.05, 4.69) is 4.98 Å². The lowest BCUT2D eigenvalue weighted by molar-refractivity contribution is -0.138. The molecule has 0 aliphatic heterocycles. The molecule has 0 N–H and O–H groups in total. The summed E-state index contributed by atoms with van der Waals surface area (Å²) in [5, 5.41) is 0. The predicted molar refractivity (Wildman–Crippen MR) is 97.6 cm³/mol. The standard InChI is InChI=1S/C19H15F3N2O4S/c1-2-28-18(25)14-8-17(13-6-4-3-5-7-13)24(12-14)29(26,27)16-9-15(10-23-11-16)19(20,21)22/h3-12H,2H2,1H3. The Kier molecular flexibility index (Phi) is 5.47. The lowest BCUT2D eigenvalue weighted by Crippen LogP contribution is -2.15. The van der Waals surface area contributed by atoms with Crippen molar-refractivity contribution in [3.8, 4) is 11.3 Å². The summed E-state index contributed by atoms with van der Waals surface area (Å²) in [5.41, 5.74) is -0.690. The fourth-order valence-electron chi connectivity index (χ4n) is 2.62. The molecule has 0 spiro atoms. The van der Waals surface area contributed by atoms with Crippen LogP contribution < -0.4 is 0 Å².